The Morgan fingerprint density at radius 1 is 1.30 bits per heavy atom. The maximum Gasteiger partial charge on any atom is 0.0737 e. The number of hydrogen-bond acceptors (Lipinski definition) is 2. The third-order valence-electron chi connectivity index (χ3n) is 4.20. The van der Waals surface area contributed by atoms with Gasteiger partial charge in [-0.1, -0.05) is 28.1 Å². The Morgan fingerprint density at radius 3 is 2.75 bits per heavy atom. The van der Waals surface area contributed by atoms with E-state index in [4.69, 9.17) is 5.10 Å². The molecule has 0 aliphatic carbocycles. The molecule has 0 saturated carbocycles. The number of aromatic nitrogens is 2. The number of nitrogens with zero attached hydrogens (tertiary/aromatic N) is 2. The van der Waals surface area contributed by atoms with E-state index in [-0.39, 0.29) is 0 Å². The van der Waals surface area contributed by atoms with Crippen molar-refractivity contribution in [2.45, 2.75) is 25.7 Å². The fourth-order valence-corrected chi connectivity index (χ4v) is 3.41. The number of piperidine rings is 1. The average molecular weight is 334 g/mol. The molecule has 1 aromatic carbocycles. The number of hydrogen-bond donors (Lipinski definition) is 1. The van der Waals surface area contributed by atoms with E-state index < -0.39 is 0 Å². The molecule has 106 valence electrons. The Morgan fingerprint density at radius 2 is 2.05 bits per heavy atom. The molecule has 4 heteroatoms. The topological polar surface area (TPSA) is 29.9 Å². The number of rotatable bonds is 2. The summed E-state index contributed by atoms with van der Waals surface area (Å²) in [5, 5.41) is 8.25. The maximum atomic E-state index is 4.81. The lowest BCUT2D eigenvalue weighted by molar-refractivity contribution is 0.450. The lowest BCUT2D eigenvalue weighted by Gasteiger charge is -2.22. The van der Waals surface area contributed by atoms with Gasteiger partial charge in [0.2, 0.25) is 0 Å². The van der Waals surface area contributed by atoms with Crippen LogP contribution >= 0.6 is 15.9 Å². The van der Waals surface area contributed by atoms with Crippen LogP contribution in [0.4, 0.5) is 0 Å². The minimum Gasteiger partial charge on any atom is -0.317 e. The van der Waals surface area contributed by atoms with Crippen LogP contribution in [0.1, 0.15) is 30.1 Å². The molecule has 1 aliphatic heterocycles. The predicted octanol–water partition coefficient (Wildman–Crippen LogP) is 3.63. The van der Waals surface area contributed by atoms with Gasteiger partial charge in [0.25, 0.3) is 0 Å². The van der Waals surface area contributed by atoms with Crippen LogP contribution in [-0.4, -0.2) is 22.9 Å². The van der Waals surface area contributed by atoms with Gasteiger partial charge in [0, 0.05) is 28.7 Å². The van der Waals surface area contributed by atoms with E-state index in [1.54, 1.807) is 0 Å². The zero-order valence-corrected chi connectivity index (χ0v) is 13.6. The van der Waals surface area contributed by atoms with E-state index >= 15 is 0 Å². The zero-order chi connectivity index (χ0) is 14.1. The Bertz CT molecular complexity index is 612. The van der Waals surface area contributed by atoms with Crippen LogP contribution in [0.3, 0.4) is 0 Å². The molecule has 0 atom stereocenters. The number of benzene rings is 1. The van der Waals surface area contributed by atoms with E-state index in [9.17, 15) is 0 Å². The molecular weight excluding hydrogens is 314 g/mol. The van der Waals surface area contributed by atoms with Crippen molar-refractivity contribution in [1.82, 2.24) is 15.1 Å². The fraction of sp³-hybridized carbons (Fsp3) is 0.438. The minimum absolute atomic E-state index is 0.574. The summed E-state index contributed by atoms with van der Waals surface area (Å²) in [6.45, 7) is 4.35. The highest BCUT2D eigenvalue weighted by Gasteiger charge is 2.24. The summed E-state index contributed by atoms with van der Waals surface area (Å²) in [5.41, 5.74) is 5.10. The summed E-state index contributed by atoms with van der Waals surface area (Å²) >= 11 is 3.57. The van der Waals surface area contributed by atoms with Crippen LogP contribution in [0.2, 0.25) is 0 Å². The van der Waals surface area contributed by atoms with Crippen molar-refractivity contribution in [3.05, 3.63) is 40.1 Å². The fourth-order valence-electron chi connectivity index (χ4n) is 3.02. The van der Waals surface area contributed by atoms with Crippen molar-refractivity contribution < 1.29 is 0 Å². The van der Waals surface area contributed by atoms with Crippen molar-refractivity contribution in [1.29, 1.82) is 0 Å². The Balaban J connectivity index is 2.09. The van der Waals surface area contributed by atoms with Crippen LogP contribution in [-0.2, 0) is 7.05 Å². The first-order chi connectivity index (χ1) is 9.66. The van der Waals surface area contributed by atoms with Gasteiger partial charge < -0.3 is 5.32 Å². The van der Waals surface area contributed by atoms with E-state index in [1.807, 2.05) is 11.7 Å². The molecule has 1 saturated heterocycles. The smallest absolute Gasteiger partial charge is 0.0737 e. The van der Waals surface area contributed by atoms with E-state index in [1.165, 1.54) is 35.4 Å². The summed E-state index contributed by atoms with van der Waals surface area (Å²) in [4.78, 5) is 0. The first-order valence-electron chi connectivity index (χ1n) is 7.17. The SMILES string of the molecule is Cc1c(-c2cccc(Br)c2)c(C2CCNCC2)nn1C. The molecule has 1 aliphatic rings. The molecule has 1 aromatic heterocycles. The van der Waals surface area contributed by atoms with Gasteiger partial charge >= 0.3 is 0 Å². The van der Waals surface area contributed by atoms with Gasteiger partial charge in [-0.3, -0.25) is 4.68 Å². The van der Waals surface area contributed by atoms with Crippen molar-refractivity contribution in [3.63, 3.8) is 0 Å². The Labute approximate surface area is 128 Å². The third-order valence-corrected chi connectivity index (χ3v) is 4.69. The summed E-state index contributed by atoms with van der Waals surface area (Å²) < 4.78 is 3.14. The Kier molecular flexibility index (Phi) is 3.94. The van der Waals surface area contributed by atoms with Crippen molar-refractivity contribution in [2.75, 3.05) is 13.1 Å². The summed E-state index contributed by atoms with van der Waals surface area (Å²) in [6, 6.07) is 8.53. The second kappa shape index (κ2) is 5.70. The number of aryl methyl sites for hydroxylation is 1. The van der Waals surface area contributed by atoms with Crippen LogP contribution in [0.5, 0.6) is 0 Å². The largest absolute Gasteiger partial charge is 0.317 e. The molecule has 2 aromatic rings. The molecule has 3 nitrogen and oxygen atoms in total. The predicted molar refractivity (Wildman–Crippen MR) is 85.9 cm³/mol. The standard InChI is InChI=1S/C16H20BrN3/c1-11-15(13-4-3-5-14(17)10-13)16(19-20(11)2)12-6-8-18-9-7-12/h3-5,10,12,18H,6-9H2,1-2H3. The molecule has 0 unspecified atom stereocenters. The highest BCUT2D eigenvalue weighted by molar-refractivity contribution is 9.10. The van der Waals surface area contributed by atoms with Crippen molar-refractivity contribution in [3.8, 4) is 11.1 Å². The average Bonchev–Trinajstić information content (AvgIpc) is 2.76. The van der Waals surface area contributed by atoms with Crippen LogP contribution in [0.25, 0.3) is 11.1 Å². The third kappa shape index (κ3) is 2.54. The van der Waals surface area contributed by atoms with E-state index in [0.29, 0.717) is 5.92 Å². The summed E-state index contributed by atoms with van der Waals surface area (Å²) in [6.07, 6.45) is 2.36. The van der Waals surface area contributed by atoms with Crippen LogP contribution in [0, 0.1) is 6.92 Å². The molecule has 0 spiro atoms. The molecule has 1 N–H and O–H groups in total. The molecule has 0 radical (unpaired) electrons. The van der Waals surface area contributed by atoms with Gasteiger partial charge in [0.15, 0.2) is 0 Å². The first-order valence-corrected chi connectivity index (χ1v) is 7.96. The minimum atomic E-state index is 0.574. The van der Waals surface area contributed by atoms with Gasteiger partial charge in [0.05, 0.1) is 5.69 Å². The highest BCUT2D eigenvalue weighted by atomic mass is 79.9. The second-order valence-electron chi connectivity index (χ2n) is 5.50. The molecule has 2 heterocycles. The quantitative estimate of drug-likeness (QED) is 0.909. The molecule has 3 rings (SSSR count). The van der Waals surface area contributed by atoms with Gasteiger partial charge in [-0.15, -0.1) is 0 Å². The molecule has 20 heavy (non-hydrogen) atoms. The van der Waals surface area contributed by atoms with Gasteiger partial charge in [-0.2, -0.15) is 5.10 Å². The summed E-state index contributed by atoms with van der Waals surface area (Å²) in [5.74, 6) is 0.574. The maximum absolute atomic E-state index is 4.81. The number of halogens is 1. The van der Waals surface area contributed by atoms with Crippen LogP contribution in [0.15, 0.2) is 28.7 Å². The van der Waals surface area contributed by atoms with Crippen LogP contribution < -0.4 is 5.32 Å². The normalized spacial score (nSPS) is 16.6. The number of nitrogens with one attached hydrogen (secondary N) is 1. The lowest BCUT2D eigenvalue weighted by Crippen LogP contribution is -2.27. The van der Waals surface area contributed by atoms with E-state index in [2.05, 4.69) is 52.4 Å². The van der Waals surface area contributed by atoms with Crippen molar-refractivity contribution in [2.24, 2.45) is 7.05 Å². The summed E-state index contributed by atoms with van der Waals surface area (Å²) in [7, 11) is 2.04. The monoisotopic (exact) mass is 333 g/mol. The molecule has 1 fully saturated rings. The Hall–Kier alpha value is -1.13. The zero-order valence-electron chi connectivity index (χ0n) is 12.0. The van der Waals surface area contributed by atoms with Crippen molar-refractivity contribution >= 4 is 15.9 Å². The van der Waals surface area contributed by atoms with Gasteiger partial charge in [0.1, 0.15) is 0 Å². The molecule has 0 amide bonds. The van der Waals surface area contributed by atoms with Gasteiger partial charge in [-0.05, 0) is 50.6 Å². The first kappa shape index (κ1) is 13.8. The molecular formula is C16H20BrN3. The van der Waals surface area contributed by atoms with E-state index in [0.717, 1.165) is 17.6 Å². The highest BCUT2D eigenvalue weighted by Crippen LogP contribution is 2.36. The lowest BCUT2D eigenvalue weighted by atomic mass is 9.89. The van der Waals surface area contributed by atoms with Gasteiger partial charge in [-0.25, -0.2) is 0 Å². The molecule has 0 bridgehead atoms. The second-order valence-corrected chi connectivity index (χ2v) is 6.42.